The normalized spacial score (nSPS) is 10.2. The minimum Gasteiger partial charge on any atom is -0.421 e. The molecule has 0 aliphatic heterocycles. The third-order valence-electron chi connectivity index (χ3n) is 2.06. The number of halogens is 1. The van der Waals surface area contributed by atoms with Crippen LogP contribution in [0, 0.1) is 19.7 Å². The Morgan fingerprint density at radius 3 is 2.69 bits per heavy atom. The molecule has 0 bridgehead atoms. The first-order valence-corrected chi connectivity index (χ1v) is 4.89. The molecule has 0 atom stereocenters. The number of ether oxygens (including phenoxy) is 1. The predicted octanol–water partition coefficient (Wildman–Crippen LogP) is 3.02. The summed E-state index contributed by atoms with van der Waals surface area (Å²) in [6, 6.07) is 6.65. The lowest BCUT2D eigenvalue weighted by molar-refractivity contribution is 0.409. The van der Waals surface area contributed by atoms with Gasteiger partial charge < -0.3 is 4.74 Å². The molecular weight excluding hydrogens is 207 g/mol. The van der Waals surface area contributed by atoms with Crippen LogP contribution in [0.15, 0.2) is 30.5 Å². The average molecular weight is 218 g/mol. The number of hydrogen-bond acceptors (Lipinski definition) is 3. The first-order chi connectivity index (χ1) is 7.65. The number of rotatable bonds is 2. The summed E-state index contributed by atoms with van der Waals surface area (Å²) in [4.78, 5) is 7.93. The van der Waals surface area contributed by atoms with Gasteiger partial charge in [-0.05, 0) is 37.6 Å². The van der Waals surface area contributed by atoms with Crippen molar-refractivity contribution in [1.82, 2.24) is 9.97 Å². The molecule has 0 saturated heterocycles. The Labute approximate surface area is 92.9 Å². The first-order valence-electron chi connectivity index (χ1n) is 4.89. The second-order valence-corrected chi connectivity index (χ2v) is 3.52. The molecule has 0 saturated carbocycles. The Morgan fingerprint density at radius 1 is 1.19 bits per heavy atom. The van der Waals surface area contributed by atoms with E-state index < -0.39 is 5.82 Å². The zero-order valence-electron chi connectivity index (χ0n) is 9.07. The van der Waals surface area contributed by atoms with Crippen molar-refractivity contribution in [2.24, 2.45) is 0 Å². The molecule has 0 aliphatic rings. The molecule has 0 radical (unpaired) electrons. The highest BCUT2D eigenvalue weighted by Gasteiger charge is 2.06. The van der Waals surface area contributed by atoms with Crippen molar-refractivity contribution < 1.29 is 9.13 Å². The highest BCUT2D eigenvalue weighted by molar-refractivity contribution is 5.30. The van der Waals surface area contributed by atoms with E-state index in [0.717, 1.165) is 11.3 Å². The van der Waals surface area contributed by atoms with Crippen LogP contribution in [0.1, 0.15) is 11.3 Å². The fraction of sp³-hybridized carbons (Fsp3) is 0.167. The minimum atomic E-state index is -0.412. The molecule has 2 rings (SSSR count). The van der Waals surface area contributed by atoms with Gasteiger partial charge in [-0.3, -0.25) is 0 Å². The van der Waals surface area contributed by atoms with Crippen LogP contribution in [-0.4, -0.2) is 9.97 Å². The molecule has 2 aromatic rings. The van der Waals surface area contributed by atoms with Gasteiger partial charge >= 0.3 is 6.01 Å². The number of hydrogen-bond donors (Lipinski definition) is 0. The van der Waals surface area contributed by atoms with Crippen LogP contribution in [-0.2, 0) is 0 Å². The third kappa shape index (κ3) is 2.34. The van der Waals surface area contributed by atoms with Crippen molar-refractivity contribution in [2.45, 2.75) is 13.8 Å². The van der Waals surface area contributed by atoms with Gasteiger partial charge in [0.25, 0.3) is 0 Å². The fourth-order valence-corrected chi connectivity index (χ4v) is 1.26. The Balaban J connectivity index is 2.27. The predicted molar refractivity (Wildman–Crippen MR) is 58.0 cm³/mol. The van der Waals surface area contributed by atoms with Crippen molar-refractivity contribution in [3.63, 3.8) is 0 Å². The van der Waals surface area contributed by atoms with Crippen LogP contribution in [0.3, 0.4) is 0 Å². The van der Waals surface area contributed by atoms with E-state index in [9.17, 15) is 4.39 Å². The zero-order chi connectivity index (χ0) is 11.5. The quantitative estimate of drug-likeness (QED) is 0.777. The van der Waals surface area contributed by atoms with Gasteiger partial charge in [0.05, 0.1) is 0 Å². The van der Waals surface area contributed by atoms with E-state index in [1.165, 1.54) is 6.07 Å². The van der Waals surface area contributed by atoms with E-state index >= 15 is 0 Å². The van der Waals surface area contributed by atoms with Crippen LogP contribution < -0.4 is 4.74 Å². The fourth-order valence-electron chi connectivity index (χ4n) is 1.26. The number of aryl methyl sites for hydroxylation is 2. The standard InChI is InChI=1S/C12H11FN2O/c1-8-3-4-11(10(13)7-8)16-12-14-6-5-9(2)15-12/h3-7H,1-2H3. The molecule has 16 heavy (non-hydrogen) atoms. The topological polar surface area (TPSA) is 35.0 Å². The number of nitrogens with zero attached hydrogens (tertiary/aromatic N) is 2. The molecule has 0 fully saturated rings. The maximum atomic E-state index is 13.5. The summed E-state index contributed by atoms with van der Waals surface area (Å²) in [7, 11) is 0. The Kier molecular flexibility index (Phi) is 2.81. The monoisotopic (exact) mass is 218 g/mol. The summed E-state index contributed by atoms with van der Waals surface area (Å²) in [6.45, 7) is 3.63. The molecule has 0 unspecified atom stereocenters. The van der Waals surface area contributed by atoms with E-state index in [0.29, 0.717) is 0 Å². The highest BCUT2D eigenvalue weighted by atomic mass is 19.1. The molecule has 1 aromatic carbocycles. The van der Waals surface area contributed by atoms with Crippen molar-refractivity contribution in [3.05, 3.63) is 47.5 Å². The van der Waals surface area contributed by atoms with E-state index in [4.69, 9.17) is 4.74 Å². The van der Waals surface area contributed by atoms with Crippen molar-refractivity contribution in [3.8, 4) is 11.8 Å². The minimum absolute atomic E-state index is 0.135. The summed E-state index contributed by atoms with van der Waals surface area (Å²) < 4.78 is 18.7. The molecular formula is C12H11FN2O. The van der Waals surface area contributed by atoms with Gasteiger partial charge in [0, 0.05) is 11.9 Å². The second kappa shape index (κ2) is 4.26. The summed E-state index contributed by atoms with van der Waals surface area (Å²) in [5.74, 6) is -0.277. The van der Waals surface area contributed by atoms with E-state index in [1.807, 2.05) is 13.8 Å². The van der Waals surface area contributed by atoms with Crippen LogP contribution in [0.5, 0.6) is 11.8 Å². The molecule has 1 heterocycles. The summed E-state index contributed by atoms with van der Waals surface area (Å²) in [5.41, 5.74) is 1.62. The van der Waals surface area contributed by atoms with Gasteiger partial charge in [0.15, 0.2) is 11.6 Å². The van der Waals surface area contributed by atoms with E-state index in [-0.39, 0.29) is 11.8 Å². The second-order valence-electron chi connectivity index (χ2n) is 3.52. The van der Waals surface area contributed by atoms with Gasteiger partial charge in [-0.25, -0.2) is 14.4 Å². The van der Waals surface area contributed by atoms with E-state index in [1.54, 1.807) is 24.4 Å². The summed E-state index contributed by atoms with van der Waals surface area (Å²) >= 11 is 0. The maximum Gasteiger partial charge on any atom is 0.322 e. The van der Waals surface area contributed by atoms with E-state index in [2.05, 4.69) is 9.97 Å². The number of aromatic nitrogens is 2. The van der Waals surface area contributed by atoms with Crippen LogP contribution in [0.2, 0.25) is 0 Å². The maximum absolute atomic E-state index is 13.5. The zero-order valence-corrected chi connectivity index (χ0v) is 9.07. The molecule has 0 amide bonds. The van der Waals surface area contributed by atoms with Crippen molar-refractivity contribution >= 4 is 0 Å². The SMILES string of the molecule is Cc1ccc(Oc2nccc(C)n2)c(F)c1. The summed E-state index contributed by atoms with van der Waals surface area (Å²) in [5, 5.41) is 0. The molecule has 3 nitrogen and oxygen atoms in total. The lowest BCUT2D eigenvalue weighted by atomic mass is 10.2. The Bertz CT molecular complexity index is 514. The van der Waals surface area contributed by atoms with Crippen molar-refractivity contribution in [2.75, 3.05) is 0 Å². The average Bonchev–Trinajstić information content (AvgIpc) is 2.22. The molecule has 0 N–H and O–H groups in total. The summed E-state index contributed by atoms with van der Waals surface area (Å²) in [6.07, 6.45) is 1.57. The van der Waals surface area contributed by atoms with Crippen LogP contribution in [0.4, 0.5) is 4.39 Å². The van der Waals surface area contributed by atoms with Gasteiger partial charge in [0.1, 0.15) is 0 Å². The number of benzene rings is 1. The largest absolute Gasteiger partial charge is 0.421 e. The molecule has 0 spiro atoms. The smallest absolute Gasteiger partial charge is 0.322 e. The Hall–Kier alpha value is -1.97. The van der Waals surface area contributed by atoms with Gasteiger partial charge in [-0.1, -0.05) is 6.07 Å². The first kappa shape index (κ1) is 10.5. The lowest BCUT2D eigenvalue weighted by Crippen LogP contribution is -1.95. The molecule has 0 aliphatic carbocycles. The molecule has 1 aromatic heterocycles. The van der Waals surface area contributed by atoms with Gasteiger partial charge in [0.2, 0.25) is 0 Å². The van der Waals surface area contributed by atoms with Crippen LogP contribution in [0.25, 0.3) is 0 Å². The van der Waals surface area contributed by atoms with Gasteiger partial charge in [-0.2, -0.15) is 0 Å². The van der Waals surface area contributed by atoms with Crippen LogP contribution >= 0.6 is 0 Å². The lowest BCUT2D eigenvalue weighted by Gasteiger charge is -2.05. The molecule has 4 heteroatoms. The Morgan fingerprint density at radius 2 is 2.00 bits per heavy atom. The highest BCUT2D eigenvalue weighted by Crippen LogP contribution is 2.22. The molecule has 82 valence electrons. The van der Waals surface area contributed by atoms with Crippen molar-refractivity contribution in [1.29, 1.82) is 0 Å². The van der Waals surface area contributed by atoms with Gasteiger partial charge in [-0.15, -0.1) is 0 Å². The third-order valence-corrected chi connectivity index (χ3v) is 2.06.